The van der Waals surface area contributed by atoms with Gasteiger partial charge in [-0.3, -0.25) is 9.80 Å². The molecule has 4 aliphatic rings. The minimum absolute atomic E-state index is 0.961. The van der Waals surface area contributed by atoms with Crippen molar-refractivity contribution in [2.24, 2.45) is 11.8 Å². The molecular weight excluding hydrogens is 208 g/mol. The van der Waals surface area contributed by atoms with Crippen molar-refractivity contribution >= 4 is 0 Å². The molecule has 0 aromatic carbocycles. The maximum atomic E-state index is 2.86. The van der Waals surface area contributed by atoms with E-state index in [1.807, 2.05) is 0 Å². The van der Waals surface area contributed by atoms with Crippen molar-refractivity contribution in [2.75, 3.05) is 19.8 Å². The van der Waals surface area contributed by atoms with Gasteiger partial charge in [-0.1, -0.05) is 25.7 Å². The lowest BCUT2D eigenvalue weighted by atomic mass is 9.75. The van der Waals surface area contributed by atoms with Crippen LogP contribution in [0.5, 0.6) is 0 Å². The van der Waals surface area contributed by atoms with E-state index in [-0.39, 0.29) is 0 Å². The monoisotopic (exact) mass is 234 g/mol. The van der Waals surface area contributed by atoms with Crippen LogP contribution < -0.4 is 0 Å². The van der Waals surface area contributed by atoms with E-state index < -0.39 is 0 Å². The van der Waals surface area contributed by atoms with Gasteiger partial charge in [0.15, 0.2) is 0 Å². The molecule has 4 rings (SSSR count). The Hall–Kier alpha value is -0.0800. The molecule has 0 radical (unpaired) electrons. The van der Waals surface area contributed by atoms with Crippen molar-refractivity contribution in [1.82, 2.24) is 9.80 Å². The fourth-order valence-electron chi connectivity index (χ4n) is 5.20. The van der Waals surface area contributed by atoms with Gasteiger partial charge in [0.05, 0.1) is 6.67 Å². The molecule has 2 saturated carbocycles. The maximum Gasteiger partial charge on any atom is 0.0512 e. The molecule has 0 aromatic rings. The summed E-state index contributed by atoms with van der Waals surface area (Å²) in [5.41, 5.74) is 0. The number of hydrogen-bond acceptors (Lipinski definition) is 2. The van der Waals surface area contributed by atoms with Crippen LogP contribution in [0, 0.1) is 11.8 Å². The van der Waals surface area contributed by atoms with Gasteiger partial charge in [-0.05, 0) is 37.5 Å². The van der Waals surface area contributed by atoms with Gasteiger partial charge in [0.1, 0.15) is 0 Å². The molecule has 2 aliphatic carbocycles. The van der Waals surface area contributed by atoms with Gasteiger partial charge in [0, 0.05) is 25.2 Å². The molecule has 0 aromatic heterocycles. The van der Waals surface area contributed by atoms with Crippen molar-refractivity contribution in [3.63, 3.8) is 0 Å². The largest absolute Gasteiger partial charge is 0.287 e. The average molecular weight is 234 g/mol. The Morgan fingerprint density at radius 3 is 1.59 bits per heavy atom. The van der Waals surface area contributed by atoms with Crippen molar-refractivity contribution in [3.8, 4) is 0 Å². The SMILES string of the molecule is C1CCC2C(C1)CN1CN2CC2CCCCC21. The highest BCUT2D eigenvalue weighted by Gasteiger charge is 2.45. The molecule has 2 saturated heterocycles. The van der Waals surface area contributed by atoms with E-state index in [0.717, 1.165) is 23.9 Å². The predicted molar refractivity (Wildman–Crippen MR) is 69.8 cm³/mol. The van der Waals surface area contributed by atoms with Crippen LogP contribution in [0.25, 0.3) is 0 Å². The fourth-order valence-corrected chi connectivity index (χ4v) is 5.20. The second-order valence-corrected chi connectivity index (χ2v) is 6.91. The topological polar surface area (TPSA) is 6.48 Å². The summed E-state index contributed by atoms with van der Waals surface area (Å²) in [6.07, 6.45) is 12.0. The van der Waals surface area contributed by atoms with Gasteiger partial charge in [0.25, 0.3) is 0 Å². The molecule has 6 atom stereocenters. The van der Waals surface area contributed by atoms with E-state index in [9.17, 15) is 0 Å². The van der Waals surface area contributed by atoms with E-state index in [4.69, 9.17) is 0 Å². The van der Waals surface area contributed by atoms with Crippen LogP contribution in [-0.4, -0.2) is 41.6 Å². The summed E-state index contributed by atoms with van der Waals surface area (Å²) in [5, 5.41) is 0. The first kappa shape index (κ1) is 10.8. The Kier molecular flexibility index (Phi) is 2.69. The summed E-state index contributed by atoms with van der Waals surface area (Å²) in [4.78, 5) is 5.72. The molecule has 17 heavy (non-hydrogen) atoms. The van der Waals surface area contributed by atoms with Crippen LogP contribution in [0.3, 0.4) is 0 Å². The molecule has 0 amide bonds. The summed E-state index contributed by atoms with van der Waals surface area (Å²) in [7, 11) is 0. The molecule has 6 unspecified atom stereocenters. The highest BCUT2D eigenvalue weighted by atomic mass is 15.4. The molecule has 4 fully saturated rings. The Labute approximate surface area is 105 Å². The summed E-state index contributed by atoms with van der Waals surface area (Å²) < 4.78 is 0. The fraction of sp³-hybridized carbons (Fsp3) is 1.00. The van der Waals surface area contributed by atoms with Gasteiger partial charge in [-0.25, -0.2) is 0 Å². The van der Waals surface area contributed by atoms with E-state index in [1.54, 1.807) is 0 Å². The second kappa shape index (κ2) is 4.24. The number of fused-ring (bicyclic) bond motifs is 6. The van der Waals surface area contributed by atoms with E-state index >= 15 is 0 Å². The van der Waals surface area contributed by atoms with Crippen LogP contribution in [0.1, 0.15) is 51.4 Å². The highest BCUT2D eigenvalue weighted by Crippen LogP contribution is 2.41. The Bertz CT molecular complexity index is 263. The normalized spacial score (nSPS) is 53.6. The van der Waals surface area contributed by atoms with Crippen LogP contribution in [0.2, 0.25) is 0 Å². The van der Waals surface area contributed by atoms with Gasteiger partial charge < -0.3 is 0 Å². The smallest absolute Gasteiger partial charge is 0.0512 e. The Balaban J connectivity index is 1.56. The zero-order valence-corrected chi connectivity index (χ0v) is 11.0. The van der Waals surface area contributed by atoms with E-state index in [2.05, 4.69) is 9.80 Å². The molecular formula is C15H26N2. The summed E-state index contributed by atoms with van der Waals surface area (Å²) in [5.74, 6) is 2.03. The molecule has 2 heteroatoms. The van der Waals surface area contributed by atoms with Gasteiger partial charge >= 0.3 is 0 Å². The second-order valence-electron chi connectivity index (χ2n) is 6.91. The molecule has 2 heterocycles. The number of nitrogens with zero attached hydrogens (tertiary/aromatic N) is 2. The van der Waals surface area contributed by atoms with Crippen LogP contribution in [0.4, 0.5) is 0 Å². The molecule has 2 nitrogen and oxygen atoms in total. The number of hydrogen-bond donors (Lipinski definition) is 0. The average Bonchev–Trinajstić information content (AvgIpc) is 2.39. The zero-order valence-electron chi connectivity index (χ0n) is 11.0. The first-order chi connectivity index (χ1) is 8.42. The zero-order chi connectivity index (χ0) is 11.2. The van der Waals surface area contributed by atoms with Gasteiger partial charge in [-0.2, -0.15) is 0 Å². The van der Waals surface area contributed by atoms with Crippen molar-refractivity contribution in [3.05, 3.63) is 0 Å². The van der Waals surface area contributed by atoms with Crippen LogP contribution in [-0.2, 0) is 0 Å². The lowest BCUT2D eigenvalue weighted by Crippen LogP contribution is -2.66. The molecule has 96 valence electrons. The first-order valence-electron chi connectivity index (χ1n) is 7.90. The van der Waals surface area contributed by atoms with Crippen LogP contribution >= 0.6 is 0 Å². The van der Waals surface area contributed by atoms with Gasteiger partial charge in [-0.15, -0.1) is 0 Å². The number of rotatable bonds is 0. The molecule has 2 aliphatic heterocycles. The third-order valence-electron chi connectivity index (χ3n) is 5.98. The molecule has 2 bridgehead atoms. The Morgan fingerprint density at radius 1 is 0.588 bits per heavy atom. The first-order valence-corrected chi connectivity index (χ1v) is 7.90. The van der Waals surface area contributed by atoms with Crippen molar-refractivity contribution in [1.29, 1.82) is 0 Å². The predicted octanol–water partition coefficient (Wildman–Crippen LogP) is 2.69. The van der Waals surface area contributed by atoms with Crippen LogP contribution in [0.15, 0.2) is 0 Å². The van der Waals surface area contributed by atoms with E-state index in [0.29, 0.717) is 0 Å². The lowest BCUT2D eigenvalue weighted by Gasteiger charge is -2.58. The van der Waals surface area contributed by atoms with E-state index in [1.165, 1.54) is 71.1 Å². The maximum absolute atomic E-state index is 2.86. The molecule has 0 spiro atoms. The summed E-state index contributed by atoms with van der Waals surface area (Å²) in [6, 6.07) is 1.92. The minimum atomic E-state index is 0.961. The highest BCUT2D eigenvalue weighted by molar-refractivity contribution is 4.98. The summed E-state index contributed by atoms with van der Waals surface area (Å²) in [6.45, 7) is 4.17. The minimum Gasteiger partial charge on any atom is -0.287 e. The van der Waals surface area contributed by atoms with Crippen molar-refractivity contribution in [2.45, 2.75) is 63.5 Å². The van der Waals surface area contributed by atoms with Crippen molar-refractivity contribution < 1.29 is 0 Å². The standard InChI is InChI=1S/C15H26N2/c1-3-7-14-12(5-1)9-16-11-17(14)10-13-6-2-4-8-15(13)16/h12-15H,1-11H2. The lowest BCUT2D eigenvalue weighted by molar-refractivity contribution is -0.110. The quantitative estimate of drug-likeness (QED) is 0.636. The summed E-state index contributed by atoms with van der Waals surface area (Å²) >= 11 is 0. The Morgan fingerprint density at radius 2 is 1.06 bits per heavy atom. The third kappa shape index (κ3) is 1.76. The molecule has 0 N–H and O–H groups in total. The van der Waals surface area contributed by atoms with Gasteiger partial charge in [0.2, 0.25) is 0 Å². The third-order valence-corrected chi connectivity index (χ3v) is 5.98.